The normalized spacial score (nSPS) is 10.9. The average molecular weight is 358 g/mol. The molecule has 2 N–H and O–H groups in total. The largest absolute Gasteiger partial charge is 0.486 e. The Bertz CT molecular complexity index is 753. The molecule has 1 amide bonds. The second kappa shape index (κ2) is 8.67. The summed E-state index contributed by atoms with van der Waals surface area (Å²) in [6.07, 6.45) is 0. The Morgan fingerprint density at radius 3 is 1.96 bits per heavy atom. The van der Waals surface area contributed by atoms with Gasteiger partial charge in [0.25, 0.3) is 5.91 Å². The van der Waals surface area contributed by atoms with Crippen molar-refractivity contribution in [1.82, 2.24) is 10.6 Å². The number of nitrogens with one attached hydrogen (secondary N) is 2. The number of nitrogens with zero attached hydrogens (tertiary/aromatic N) is 2. The van der Waals surface area contributed by atoms with Crippen LogP contribution in [0.3, 0.4) is 0 Å². The van der Waals surface area contributed by atoms with Gasteiger partial charge in [-0.1, -0.05) is 48.5 Å². The maximum atomic E-state index is 12.1. The van der Waals surface area contributed by atoms with Crippen molar-refractivity contribution in [3.63, 3.8) is 0 Å². The number of benzene rings is 2. The van der Waals surface area contributed by atoms with Crippen LogP contribution in [-0.4, -0.2) is 34.5 Å². The first kappa shape index (κ1) is 19.0. The third-order valence-corrected chi connectivity index (χ3v) is 3.83. The molecule has 0 aliphatic heterocycles. The van der Waals surface area contributed by atoms with Crippen molar-refractivity contribution in [1.29, 1.82) is 0 Å². The summed E-state index contributed by atoms with van der Waals surface area (Å²) < 4.78 is 0. The summed E-state index contributed by atoms with van der Waals surface area (Å²) in [5.74, 6) is -0.610. The zero-order valence-electron chi connectivity index (χ0n) is 13.8. The highest BCUT2D eigenvalue weighted by atomic mass is 16.7. The quantitative estimate of drug-likeness (QED) is 0.397. The molecule has 0 radical (unpaired) electrons. The van der Waals surface area contributed by atoms with Gasteiger partial charge in [0.2, 0.25) is 0 Å². The predicted octanol–water partition coefficient (Wildman–Crippen LogP) is 1.46. The van der Waals surface area contributed by atoms with Crippen LogP contribution in [0.25, 0.3) is 0 Å². The number of carbonyl (C=O) groups is 1. The van der Waals surface area contributed by atoms with Gasteiger partial charge >= 0.3 is 5.66 Å². The maximum absolute atomic E-state index is 12.1. The number of nitro groups is 2. The molecule has 0 heterocycles. The smallest absolute Gasteiger partial charge is 0.338 e. The molecule has 0 fully saturated rings. The van der Waals surface area contributed by atoms with Crippen molar-refractivity contribution in [2.75, 3.05) is 13.1 Å². The van der Waals surface area contributed by atoms with Gasteiger partial charge in [-0.25, -0.2) is 0 Å². The molecule has 0 saturated heterocycles. The molecule has 9 heteroatoms. The van der Waals surface area contributed by atoms with E-state index in [1.54, 1.807) is 42.5 Å². The molecule has 0 atom stereocenters. The zero-order chi connectivity index (χ0) is 19.0. The summed E-state index contributed by atoms with van der Waals surface area (Å²) in [6.45, 7) is -1.03. The van der Waals surface area contributed by atoms with Crippen LogP contribution < -0.4 is 10.6 Å². The van der Waals surface area contributed by atoms with Gasteiger partial charge in [0.1, 0.15) is 16.4 Å². The van der Waals surface area contributed by atoms with Crippen LogP contribution >= 0.6 is 0 Å². The number of carbonyl (C=O) groups excluding carboxylic acids is 1. The molecule has 2 aromatic rings. The van der Waals surface area contributed by atoms with Gasteiger partial charge in [-0.3, -0.25) is 30.3 Å². The standard InChI is InChI=1S/C17H18N4O5/c22-16(15-9-5-2-6-10-15)19-13-17(20(23)24,21(25)26)12-18-11-14-7-3-1-4-8-14/h1-10,18H,11-13H2,(H,19,22). The lowest BCUT2D eigenvalue weighted by atomic mass is 10.1. The van der Waals surface area contributed by atoms with Crippen LogP contribution in [-0.2, 0) is 6.54 Å². The second-order valence-corrected chi connectivity index (χ2v) is 5.63. The molecular formula is C17H18N4O5. The van der Waals surface area contributed by atoms with Crippen LogP contribution in [0.5, 0.6) is 0 Å². The second-order valence-electron chi connectivity index (χ2n) is 5.63. The van der Waals surface area contributed by atoms with Crippen molar-refractivity contribution in [3.05, 3.63) is 92.0 Å². The first-order chi connectivity index (χ1) is 12.5. The number of amides is 1. The van der Waals surface area contributed by atoms with E-state index in [4.69, 9.17) is 0 Å². The van der Waals surface area contributed by atoms with E-state index in [1.807, 2.05) is 6.07 Å². The molecular weight excluding hydrogens is 340 g/mol. The lowest BCUT2D eigenvalue weighted by Crippen LogP contribution is -2.60. The van der Waals surface area contributed by atoms with Gasteiger partial charge in [-0.2, -0.15) is 0 Å². The summed E-state index contributed by atoms with van der Waals surface area (Å²) >= 11 is 0. The molecule has 0 aromatic heterocycles. The monoisotopic (exact) mass is 358 g/mol. The van der Waals surface area contributed by atoms with Crippen LogP contribution in [0.2, 0.25) is 0 Å². The topological polar surface area (TPSA) is 127 Å². The first-order valence-corrected chi connectivity index (χ1v) is 7.82. The van der Waals surface area contributed by atoms with E-state index in [9.17, 15) is 25.0 Å². The molecule has 0 saturated carbocycles. The van der Waals surface area contributed by atoms with E-state index in [0.29, 0.717) is 0 Å². The van der Waals surface area contributed by atoms with Crippen LogP contribution in [0, 0.1) is 20.2 Å². The molecule has 0 aliphatic carbocycles. The number of hydrogen-bond acceptors (Lipinski definition) is 6. The van der Waals surface area contributed by atoms with Crippen molar-refractivity contribution >= 4 is 5.91 Å². The molecule has 2 aromatic carbocycles. The summed E-state index contributed by atoms with van der Waals surface area (Å²) in [5.41, 5.74) is -1.45. The number of rotatable bonds is 9. The van der Waals surface area contributed by atoms with Crippen molar-refractivity contribution in [2.24, 2.45) is 0 Å². The average Bonchev–Trinajstić information content (AvgIpc) is 2.65. The fraction of sp³-hybridized carbons (Fsp3) is 0.235. The van der Waals surface area contributed by atoms with Gasteiger partial charge in [0.15, 0.2) is 6.54 Å². The summed E-state index contributed by atoms with van der Waals surface area (Å²) in [5, 5.41) is 27.9. The SMILES string of the molecule is O=C(NCC(CNCc1ccccc1)([N+](=O)[O-])[N+](=O)[O-])c1ccccc1. The minimum absolute atomic E-state index is 0.233. The molecule has 0 bridgehead atoms. The maximum Gasteiger partial charge on any atom is 0.486 e. The van der Waals surface area contributed by atoms with E-state index in [-0.39, 0.29) is 12.1 Å². The van der Waals surface area contributed by atoms with Crippen LogP contribution in [0.1, 0.15) is 15.9 Å². The Morgan fingerprint density at radius 2 is 1.42 bits per heavy atom. The molecule has 136 valence electrons. The van der Waals surface area contributed by atoms with Gasteiger partial charge in [0.05, 0.1) is 0 Å². The summed E-state index contributed by atoms with van der Waals surface area (Å²) in [6, 6.07) is 17.0. The minimum atomic E-state index is -2.56. The Labute approximate surface area is 149 Å². The summed E-state index contributed by atoms with van der Waals surface area (Å²) in [4.78, 5) is 33.0. The fourth-order valence-electron chi connectivity index (χ4n) is 2.30. The third kappa shape index (κ3) is 4.61. The molecule has 9 nitrogen and oxygen atoms in total. The first-order valence-electron chi connectivity index (χ1n) is 7.82. The Kier molecular flexibility index (Phi) is 6.34. The fourth-order valence-corrected chi connectivity index (χ4v) is 2.30. The lowest BCUT2D eigenvalue weighted by molar-refractivity contribution is -0.791. The lowest BCUT2D eigenvalue weighted by Gasteiger charge is -2.18. The van der Waals surface area contributed by atoms with Crippen molar-refractivity contribution in [3.8, 4) is 0 Å². The Morgan fingerprint density at radius 1 is 0.885 bits per heavy atom. The van der Waals surface area contributed by atoms with Crippen molar-refractivity contribution < 1.29 is 14.6 Å². The highest BCUT2D eigenvalue weighted by Gasteiger charge is 2.56. The minimum Gasteiger partial charge on any atom is -0.338 e. The van der Waals surface area contributed by atoms with E-state index >= 15 is 0 Å². The molecule has 0 spiro atoms. The van der Waals surface area contributed by atoms with Crippen molar-refractivity contribution in [2.45, 2.75) is 12.2 Å². The van der Waals surface area contributed by atoms with E-state index in [1.165, 1.54) is 12.1 Å². The Balaban J connectivity index is 2.05. The summed E-state index contributed by atoms with van der Waals surface area (Å²) in [7, 11) is 0. The van der Waals surface area contributed by atoms with Crippen LogP contribution in [0.15, 0.2) is 60.7 Å². The predicted molar refractivity (Wildman–Crippen MR) is 93.6 cm³/mol. The van der Waals surface area contributed by atoms with Gasteiger partial charge < -0.3 is 5.32 Å². The van der Waals surface area contributed by atoms with Crippen LogP contribution in [0.4, 0.5) is 0 Å². The van der Waals surface area contributed by atoms with E-state index in [0.717, 1.165) is 5.56 Å². The Hall–Kier alpha value is -3.33. The zero-order valence-corrected chi connectivity index (χ0v) is 13.8. The van der Waals surface area contributed by atoms with Gasteiger partial charge in [-0.05, 0) is 17.7 Å². The molecule has 2 rings (SSSR count). The molecule has 0 aliphatic rings. The van der Waals surface area contributed by atoms with E-state index < -0.39 is 34.5 Å². The van der Waals surface area contributed by atoms with E-state index in [2.05, 4.69) is 10.6 Å². The van der Waals surface area contributed by atoms with Gasteiger partial charge in [0, 0.05) is 12.1 Å². The molecule has 0 unspecified atom stereocenters. The highest BCUT2D eigenvalue weighted by molar-refractivity contribution is 5.94. The third-order valence-electron chi connectivity index (χ3n) is 3.83. The van der Waals surface area contributed by atoms with Gasteiger partial charge in [-0.15, -0.1) is 0 Å². The number of hydrogen-bond donors (Lipinski definition) is 2. The highest BCUT2D eigenvalue weighted by Crippen LogP contribution is 2.11. The molecule has 26 heavy (non-hydrogen) atoms.